The molecule has 0 heterocycles. The summed E-state index contributed by atoms with van der Waals surface area (Å²) in [5, 5.41) is 3.78. The van der Waals surface area contributed by atoms with Gasteiger partial charge >= 0.3 is 0 Å². The number of hydrogen-bond donors (Lipinski definition) is 1. The first-order chi connectivity index (χ1) is 15.0. The van der Waals surface area contributed by atoms with Crippen molar-refractivity contribution in [2.45, 2.75) is 64.1 Å². The fraction of sp³-hybridized carbons (Fsp3) is 0.440. The second kappa shape index (κ2) is 11.2. The Balaban J connectivity index is 1.72. The number of methoxy groups -OCH3 is 1. The summed E-state index contributed by atoms with van der Waals surface area (Å²) < 4.78 is 5.22. The Morgan fingerprint density at radius 3 is 2.45 bits per heavy atom. The van der Waals surface area contributed by atoms with Crippen LogP contribution in [-0.2, 0) is 22.6 Å². The highest BCUT2D eigenvalue weighted by Crippen LogP contribution is 2.21. The minimum Gasteiger partial charge on any atom is -0.497 e. The van der Waals surface area contributed by atoms with Crippen molar-refractivity contribution in [3.63, 3.8) is 0 Å². The minimum atomic E-state index is -0.554. The first-order valence-corrected chi connectivity index (χ1v) is 11.3. The summed E-state index contributed by atoms with van der Waals surface area (Å²) in [4.78, 5) is 27.8. The summed E-state index contributed by atoms with van der Waals surface area (Å²) in [5.41, 5.74) is 1.89. The zero-order chi connectivity index (χ0) is 22.2. The van der Waals surface area contributed by atoms with Gasteiger partial charge in [-0.25, -0.2) is 0 Å². The normalized spacial score (nSPS) is 14.8. The first-order valence-electron chi connectivity index (χ1n) is 10.9. The molecule has 1 aliphatic rings. The second-order valence-corrected chi connectivity index (χ2v) is 8.53. The Labute approximate surface area is 189 Å². The van der Waals surface area contributed by atoms with Gasteiger partial charge in [0, 0.05) is 24.0 Å². The van der Waals surface area contributed by atoms with Crippen LogP contribution in [0.4, 0.5) is 0 Å². The van der Waals surface area contributed by atoms with Crippen LogP contribution in [0.2, 0.25) is 5.02 Å². The van der Waals surface area contributed by atoms with E-state index in [1.807, 2.05) is 48.5 Å². The number of hydrogen-bond acceptors (Lipinski definition) is 3. The van der Waals surface area contributed by atoms with Gasteiger partial charge in [-0.05, 0) is 55.5 Å². The number of carbonyl (C=O) groups is 2. The number of nitrogens with zero attached hydrogens (tertiary/aromatic N) is 1. The van der Waals surface area contributed by atoms with Gasteiger partial charge in [-0.15, -0.1) is 0 Å². The lowest BCUT2D eigenvalue weighted by molar-refractivity contribution is -0.140. The molecule has 2 aromatic carbocycles. The van der Waals surface area contributed by atoms with Crippen LogP contribution in [0.25, 0.3) is 0 Å². The summed E-state index contributed by atoms with van der Waals surface area (Å²) >= 11 is 6.25. The maximum Gasteiger partial charge on any atom is 0.242 e. The molecule has 0 aliphatic heterocycles. The van der Waals surface area contributed by atoms with Gasteiger partial charge in [0.25, 0.3) is 0 Å². The number of carbonyl (C=O) groups excluding carboxylic acids is 2. The largest absolute Gasteiger partial charge is 0.497 e. The fourth-order valence-corrected chi connectivity index (χ4v) is 4.22. The molecule has 1 unspecified atom stereocenters. The molecule has 1 fully saturated rings. The predicted octanol–water partition coefficient (Wildman–Crippen LogP) is 4.76. The fourth-order valence-electron chi connectivity index (χ4n) is 3.99. The zero-order valence-corrected chi connectivity index (χ0v) is 19.0. The molecule has 3 rings (SSSR count). The van der Waals surface area contributed by atoms with E-state index in [-0.39, 0.29) is 17.9 Å². The number of aryl methyl sites for hydroxylation is 1. The van der Waals surface area contributed by atoms with Crippen LogP contribution in [0, 0.1) is 0 Å². The highest BCUT2D eigenvalue weighted by molar-refractivity contribution is 6.31. The smallest absolute Gasteiger partial charge is 0.242 e. The Bertz CT molecular complexity index is 879. The molecule has 0 bridgehead atoms. The summed E-state index contributed by atoms with van der Waals surface area (Å²) in [6, 6.07) is 14.8. The highest BCUT2D eigenvalue weighted by Gasteiger charge is 2.28. The molecule has 0 saturated heterocycles. The molecule has 6 heteroatoms. The molecule has 1 aliphatic carbocycles. The molecular formula is C25H31ClN2O3. The predicted molar refractivity (Wildman–Crippen MR) is 123 cm³/mol. The van der Waals surface area contributed by atoms with Crippen molar-refractivity contribution in [3.05, 3.63) is 64.7 Å². The van der Waals surface area contributed by atoms with Crippen molar-refractivity contribution in [1.29, 1.82) is 0 Å². The Hall–Kier alpha value is -2.53. The van der Waals surface area contributed by atoms with Gasteiger partial charge in [0.1, 0.15) is 11.8 Å². The molecule has 0 spiro atoms. The van der Waals surface area contributed by atoms with E-state index in [0.29, 0.717) is 24.4 Å². The summed E-state index contributed by atoms with van der Waals surface area (Å²) in [7, 11) is 1.62. The van der Waals surface area contributed by atoms with E-state index in [0.717, 1.165) is 42.6 Å². The minimum absolute atomic E-state index is 0.0650. The van der Waals surface area contributed by atoms with Crippen LogP contribution in [0.3, 0.4) is 0 Å². The quantitative estimate of drug-likeness (QED) is 0.609. The van der Waals surface area contributed by atoms with Crippen LogP contribution in [0.1, 0.15) is 50.2 Å². The molecule has 31 heavy (non-hydrogen) atoms. The van der Waals surface area contributed by atoms with E-state index in [1.54, 1.807) is 18.9 Å². The third-order valence-corrected chi connectivity index (χ3v) is 6.32. The maximum absolute atomic E-state index is 13.2. The molecular weight excluding hydrogens is 412 g/mol. The van der Waals surface area contributed by atoms with Crippen LogP contribution in [0.15, 0.2) is 48.5 Å². The SMILES string of the molecule is COc1ccc(CN(C(=O)CCc2ccccc2Cl)C(C)C(=O)NC2CCCC2)cc1. The number of halogens is 1. The molecule has 1 atom stereocenters. The topological polar surface area (TPSA) is 58.6 Å². The van der Waals surface area contributed by atoms with Crippen molar-refractivity contribution in [1.82, 2.24) is 10.2 Å². The van der Waals surface area contributed by atoms with Gasteiger partial charge in [0.05, 0.1) is 7.11 Å². The molecule has 0 aromatic heterocycles. The maximum atomic E-state index is 13.2. The van der Waals surface area contributed by atoms with E-state index in [9.17, 15) is 9.59 Å². The van der Waals surface area contributed by atoms with E-state index in [4.69, 9.17) is 16.3 Å². The van der Waals surface area contributed by atoms with Crippen LogP contribution in [-0.4, -0.2) is 35.9 Å². The van der Waals surface area contributed by atoms with E-state index < -0.39 is 6.04 Å². The Kier molecular flexibility index (Phi) is 8.35. The molecule has 5 nitrogen and oxygen atoms in total. The average molecular weight is 443 g/mol. The lowest BCUT2D eigenvalue weighted by Crippen LogP contribution is -2.49. The summed E-state index contributed by atoms with van der Waals surface area (Å²) in [5.74, 6) is 0.601. The average Bonchev–Trinajstić information content (AvgIpc) is 3.29. The number of amides is 2. The van der Waals surface area contributed by atoms with E-state index in [2.05, 4.69) is 5.32 Å². The van der Waals surface area contributed by atoms with Crippen LogP contribution in [0.5, 0.6) is 5.75 Å². The number of benzene rings is 2. The van der Waals surface area contributed by atoms with Crippen molar-refractivity contribution < 1.29 is 14.3 Å². The molecule has 0 radical (unpaired) electrons. The van der Waals surface area contributed by atoms with Crippen LogP contribution < -0.4 is 10.1 Å². The van der Waals surface area contributed by atoms with Crippen molar-refractivity contribution in [2.75, 3.05) is 7.11 Å². The molecule has 166 valence electrons. The molecule has 2 aromatic rings. The van der Waals surface area contributed by atoms with Gasteiger partial charge < -0.3 is 15.0 Å². The Morgan fingerprint density at radius 2 is 1.81 bits per heavy atom. The zero-order valence-electron chi connectivity index (χ0n) is 18.3. The van der Waals surface area contributed by atoms with E-state index >= 15 is 0 Å². The number of nitrogens with one attached hydrogen (secondary N) is 1. The van der Waals surface area contributed by atoms with Gasteiger partial charge in [-0.2, -0.15) is 0 Å². The highest BCUT2D eigenvalue weighted by atomic mass is 35.5. The second-order valence-electron chi connectivity index (χ2n) is 8.13. The van der Waals surface area contributed by atoms with Gasteiger partial charge in [-0.3, -0.25) is 9.59 Å². The number of ether oxygens (including phenoxy) is 1. The molecule has 2 amide bonds. The van der Waals surface area contributed by atoms with Crippen molar-refractivity contribution >= 4 is 23.4 Å². The third-order valence-electron chi connectivity index (χ3n) is 5.95. The van der Waals surface area contributed by atoms with Gasteiger partial charge in [0.2, 0.25) is 11.8 Å². The van der Waals surface area contributed by atoms with Crippen molar-refractivity contribution in [2.24, 2.45) is 0 Å². The van der Waals surface area contributed by atoms with Gasteiger partial charge in [0.15, 0.2) is 0 Å². The van der Waals surface area contributed by atoms with E-state index in [1.165, 1.54) is 0 Å². The monoisotopic (exact) mass is 442 g/mol. The summed E-state index contributed by atoms with van der Waals surface area (Å²) in [6.07, 6.45) is 5.14. The van der Waals surface area contributed by atoms with Crippen LogP contribution >= 0.6 is 11.6 Å². The lowest BCUT2D eigenvalue weighted by atomic mass is 10.1. The summed E-state index contributed by atoms with van der Waals surface area (Å²) in [6.45, 7) is 2.17. The third kappa shape index (κ3) is 6.47. The molecule has 1 N–H and O–H groups in total. The lowest BCUT2D eigenvalue weighted by Gasteiger charge is -2.30. The van der Waals surface area contributed by atoms with Gasteiger partial charge in [-0.1, -0.05) is 54.8 Å². The number of rotatable bonds is 9. The molecule has 1 saturated carbocycles. The first kappa shape index (κ1) is 23.1. The Morgan fingerprint density at radius 1 is 1.13 bits per heavy atom. The standard InChI is InChI=1S/C25H31ClN2O3/c1-18(25(30)27-21-8-4-5-9-21)28(17-19-11-14-22(31-2)15-12-19)24(29)16-13-20-7-3-6-10-23(20)26/h3,6-7,10-12,14-15,18,21H,4-5,8-9,13,16-17H2,1-2H3,(H,27,30). The van der Waals surface area contributed by atoms with Crippen molar-refractivity contribution in [3.8, 4) is 5.75 Å².